The molecule has 0 aliphatic heterocycles. The first kappa shape index (κ1) is 18.9. The molecule has 0 amide bonds. The topological polar surface area (TPSA) is 52.3 Å². The van der Waals surface area contributed by atoms with Gasteiger partial charge in [-0.3, -0.25) is 0 Å². The monoisotopic (exact) mass is 335 g/mol. The molecule has 0 heterocycles. The number of nitrogens with two attached hydrogens (primary N) is 1. The summed E-state index contributed by atoms with van der Waals surface area (Å²) in [7, 11) is 0. The van der Waals surface area contributed by atoms with Crippen LogP contribution in [0, 0.1) is 11.6 Å². The van der Waals surface area contributed by atoms with Gasteiger partial charge in [0, 0.05) is 5.56 Å². The fourth-order valence-electron chi connectivity index (χ4n) is 1.36. The van der Waals surface area contributed by atoms with Crippen LogP contribution in [0.25, 0.3) is 0 Å². The third-order valence-electron chi connectivity index (χ3n) is 2.33. The number of hydrogen-bond donors (Lipinski definition) is 1. The van der Waals surface area contributed by atoms with Gasteiger partial charge in [-0.15, -0.1) is 12.4 Å². The lowest BCUT2D eigenvalue weighted by Gasteiger charge is -2.23. The Hall–Kier alpha value is -1.05. The highest BCUT2D eigenvalue weighted by atomic mass is 35.5. The number of halogens is 6. The van der Waals surface area contributed by atoms with Crippen molar-refractivity contribution in [2.75, 3.05) is 6.61 Å². The van der Waals surface area contributed by atoms with E-state index in [2.05, 4.69) is 4.74 Å². The van der Waals surface area contributed by atoms with Crippen LogP contribution >= 0.6 is 24.0 Å². The standard InChI is InChI=1S/C11H10ClF4NO2.ClH/c1-2-19-10(18)11(15,16)9(17)7-5(13)3-4-6(14)8(7)12;/h3-4,9H,2,17H2,1H3;1H/t9-;/m1./s1. The Morgan fingerprint density at radius 3 is 2.40 bits per heavy atom. The van der Waals surface area contributed by atoms with Crippen molar-refractivity contribution in [3.8, 4) is 0 Å². The molecule has 1 atom stereocenters. The minimum absolute atomic E-state index is 0. The molecular formula is C11H11Cl2F4NO2. The van der Waals surface area contributed by atoms with Crippen LogP contribution in [0.4, 0.5) is 17.6 Å². The Morgan fingerprint density at radius 1 is 1.40 bits per heavy atom. The molecule has 0 unspecified atom stereocenters. The molecule has 0 saturated heterocycles. The zero-order valence-electron chi connectivity index (χ0n) is 10.1. The first-order valence-corrected chi connectivity index (χ1v) is 5.55. The van der Waals surface area contributed by atoms with Crippen molar-refractivity contribution in [1.29, 1.82) is 0 Å². The van der Waals surface area contributed by atoms with Crippen molar-refractivity contribution in [2.45, 2.75) is 18.9 Å². The van der Waals surface area contributed by atoms with E-state index in [1.54, 1.807) is 0 Å². The van der Waals surface area contributed by atoms with Crippen molar-refractivity contribution in [2.24, 2.45) is 5.73 Å². The van der Waals surface area contributed by atoms with Gasteiger partial charge in [0.2, 0.25) is 0 Å². The maximum Gasteiger partial charge on any atom is 0.379 e. The molecule has 0 radical (unpaired) electrons. The van der Waals surface area contributed by atoms with Gasteiger partial charge in [0.1, 0.15) is 17.7 Å². The zero-order valence-corrected chi connectivity index (χ0v) is 11.7. The third-order valence-corrected chi connectivity index (χ3v) is 2.71. The Labute approximate surface area is 123 Å². The van der Waals surface area contributed by atoms with Gasteiger partial charge in [0.25, 0.3) is 0 Å². The van der Waals surface area contributed by atoms with E-state index in [0.717, 1.165) is 0 Å². The molecule has 0 saturated carbocycles. The molecule has 0 bridgehead atoms. The van der Waals surface area contributed by atoms with E-state index in [1.807, 2.05) is 0 Å². The molecule has 0 aliphatic carbocycles. The predicted octanol–water partition coefficient (Wildman–Crippen LogP) is 3.24. The van der Waals surface area contributed by atoms with E-state index in [9.17, 15) is 22.4 Å². The summed E-state index contributed by atoms with van der Waals surface area (Å²) >= 11 is 5.40. The summed E-state index contributed by atoms with van der Waals surface area (Å²) in [6, 6.07) is -1.19. The average Bonchev–Trinajstić information content (AvgIpc) is 2.34. The van der Waals surface area contributed by atoms with Gasteiger partial charge in [-0.1, -0.05) is 11.6 Å². The van der Waals surface area contributed by atoms with E-state index >= 15 is 0 Å². The maximum absolute atomic E-state index is 13.6. The summed E-state index contributed by atoms with van der Waals surface area (Å²) in [5, 5.41) is -0.892. The minimum Gasteiger partial charge on any atom is -0.462 e. The first-order valence-electron chi connectivity index (χ1n) is 5.17. The number of esters is 1. The molecular weight excluding hydrogens is 325 g/mol. The highest BCUT2D eigenvalue weighted by Gasteiger charge is 2.49. The van der Waals surface area contributed by atoms with Crippen LogP contribution in [-0.2, 0) is 9.53 Å². The van der Waals surface area contributed by atoms with Crippen molar-refractivity contribution in [3.05, 3.63) is 34.4 Å². The number of carbonyl (C=O) groups excluding carboxylic acids is 1. The number of benzene rings is 1. The van der Waals surface area contributed by atoms with E-state index in [0.29, 0.717) is 12.1 Å². The minimum atomic E-state index is -4.23. The molecule has 1 rings (SSSR count). The van der Waals surface area contributed by atoms with Gasteiger partial charge in [-0.05, 0) is 19.1 Å². The average molecular weight is 336 g/mol. The SMILES string of the molecule is CCOC(=O)C(F)(F)[C@H](N)c1c(F)ccc(F)c1Cl.Cl. The second kappa shape index (κ2) is 7.10. The highest BCUT2D eigenvalue weighted by Crippen LogP contribution is 2.36. The van der Waals surface area contributed by atoms with Gasteiger partial charge >= 0.3 is 11.9 Å². The molecule has 20 heavy (non-hydrogen) atoms. The molecule has 2 N–H and O–H groups in total. The largest absolute Gasteiger partial charge is 0.462 e. The van der Waals surface area contributed by atoms with Crippen LogP contribution in [0.5, 0.6) is 0 Å². The van der Waals surface area contributed by atoms with Gasteiger partial charge in [-0.25, -0.2) is 13.6 Å². The molecule has 3 nitrogen and oxygen atoms in total. The van der Waals surface area contributed by atoms with Gasteiger partial charge in [0.15, 0.2) is 0 Å². The Balaban J connectivity index is 0.00000361. The second-order valence-corrected chi connectivity index (χ2v) is 3.96. The van der Waals surface area contributed by atoms with Crippen LogP contribution in [0.1, 0.15) is 18.5 Å². The van der Waals surface area contributed by atoms with Crippen LogP contribution in [0.3, 0.4) is 0 Å². The Morgan fingerprint density at radius 2 is 1.90 bits per heavy atom. The number of carbonyl (C=O) groups is 1. The Kier molecular flexibility index (Phi) is 6.73. The number of rotatable bonds is 4. The van der Waals surface area contributed by atoms with E-state index in [1.165, 1.54) is 6.92 Å². The van der Waals surface area contributed by atoms with E-state index < -0.39 is 40.2 Å². The van der Waals surface area contributed by atoms with Crippen molar-refractivity contribution in [1.82, 2.24) is 0 Å². The number of hydrogen-bond acceptors (Lipinski definition) is 3. The molecule has 1 aromatic carbocycles. The number of ether oxygens (including phenoxy) is 1. The molecule has 1 aromatic rings. The van der Waals surface area contributed by atoms with Gasteiger partial charge in [-0.2, -0.15) is 8.78 Å². The molecule has 9 heteroatoms. The first-order chi connectivity index (χ1) is 8.73. The summed E-state index contributed by atoms with van der Waals surface area (Å²) in [6.45, 7) is 1.01. The van der Waals surface area contributed by atoms with Gasteiger partial charge in [0.05, 0.1) is 11.6 Å². The van der Waals surface area contributed by atoms with E-state index in [-0.39, 0.29) is 19.0 Å². The maximum atomic E-state index is 13.6. The smallest absolute Gasteiger partial charge is 0.379 e. The number of alkyl halides is 2. The third kappa shape index (κ3) is 3.53. The lowest BCUT2D eigenvalue weighted by atomic mass is 10.0. The molecule has 0 fully saturated rings. The lowest BCUT2D eigenvalue weighted by molar-refractivity contribution is -0.174. The van der Waals surface area contributed by atoms with Crippen LogP contribution < -0.4 is 5.73 Å². The second-order valence-electron chi connectivity index (χ2n) is 3.58. The summed E-state index contributed by atoms with van der Waals surface area (Å²) in [5.41, 5.74) is 4.16. The van der Waals surface area contributed by atoms with E-state index in [4.69, 9.17) is 17.3 Å². The molecule has 0 aromatic heterocycles. The van der Waals surface area contributed by atoms with Crippen LogP contribution in [0.2, 0.25) is 5.02 Å². The summed E-state index contributed by atoms with van der Waals surface area (Å²) in [4.78, 5) is 11.1. The molecule has 114 valence electrons. The van der Waals surface area contributed by atoms with Gasteiger partial charge < -0.3 is 10.5 Å². The quantitative estimate of drug-likeness (QED) is 0.522. The van der Waals surface area contributed by atoms with Crippen molar-refractivity contribution in [3.63, 3.8) is 0 Å². The highest BCUT2D eigenvalue weighted by molar-refractivity contribution is 6.31. The summed E-state index contributed by atoms with van der Waals surface area (Å²) < 4.78 is 58.0. The van der Waals surface area contributed by atoms with Crippen molar-refractivity contribution < 1.29 is 27.1 Å². The summed E-state index contributed by atoms with van der Waals surface area (Å²) in [6.07, 6.45) is 0. The fourth-order valence-corrected chi connectivity index (χ4v) is 1.63. The zero-order chi connectivity index (χ0) is 14.8. The Bertz CT molecular complexity index is 500. The van der Waals surface area contributed by atoms with Crippen LogP contribution in [0.15, 0.2) is 12.1 Å². The predicted molar refractivity (Wildman–Crippen MR) is 67.1 cm³/mol. The van der Waals surface area contributed by atoms with Crippen LogP contribution in [-0.4, -0.2) is 18.5 Å². The fraction of sp³-hybridized carbons (Fsp3) is 0.364. The van der Waals surface area contributed by atoms with Crippen molar-refractivity contribution >= 4 is 30.0 Å². The lowest BCUT2D eigenvalue weighted by Crippen LogP contribution is -2.42. The summed E-state index contributed by atoms with van der Waals surface area (Å²) in [5.74, 6) is -8.51. The molecule has 0 aliphatic rings. The molecule has 0 spiro atoms. The normalized spacial score (nSPS) is 12.6.